The zero-order valence-electron chi connectivity index (χ0n) is 16.0. The highest BCUT2D eigenvalue weighted by Gasteiger charge is 2.26. The first-order valence-electron chi connectivity index (χ1n) is 9.61. The zero-order valence-corrected chi connectivity index (χ0v) is 16.7. The van der Waals surface area contributed by atoms with Crippen LogP contribution in [-0.4, -0.2) is 33.2 Å². The molecule has 0 bridgehead atoms. The molecule has 1 aliphatic carbocycles. The lowest BCUT2D eigenvalue weighted by Gasteiger charge is -2.33. The van der Waals surface area contributed by atoms with Crippen molar-refractivity contribution in [1.82, 2.24) is 14.7 Å². The van der Waals surface area contributed by atoms with Crippen molar-refractivity contribution in [2.45, 2.75) is 65.3 Å². The molecular formula is C21H28ClN3O. The Morgan fingerprint density at radius 1 is 1.19 bits per heavy atom. The van der Waals surface area contributed by atoms with Gasteiger partial charge in [0.25, 0.3) is 0 Å². The molecule has 0 saturated heterocycles. The Morgan fingerprint density at radius 2 is 1.85 bits per heavy atom. The molecule has 1 aromatic heterocycles. The Balaban J connectivity index is 1.80. The van der Waals surface area contributed by atoms with E-state index >= 15 is 0 Å². The Morgan fingerprint density at radius 3 is 2.46 bits per heavy atom. The van der Waals surface area contributed by atoms with E-state index in [-0.39, 0.29) is 5.91 Å². The maximum absolute atomic E-state index is 13.0. The molecule has 2 aromatic rings. The molecular weight excluding hydrogens is 346 g/mol. The molecule has 1 aliphatic rings. The number of aryl methyl sites for hydroxylation is 1. The van der Waals surface area contributed by atoms with Gasteiger partial charge in [-0.15, -0.1) is 0 Å². The topological polar surface area (TPSA) is 38.1 Å². The van der Waals surface area contributed by atoms with Gasteiger partial charge in [0.05, 0.1) is 17.8 Å². The molecule has 0 unspecified atom stereocenters. The lowest BCUT2D eigenvalue weighted by molar-refractivity contribution is -0.133. The van der Waals surface area contributed by atoms with Crippen LogP contribution in [-0.2, 0) is 11.2 Å². The highest BCUT2D eigenvalue weighted by Crippen LogP contribution is 2.25. The van der Waals surface area contributed by atoms with Gasteiger partial charge in [0.15, 0.2) is 0 Å². The maximum Gasteiger partial charge on any atom is 0.227 e. The van der Waals surface area contributed by atoms with Gasteiger partial charge in [-0.2, -0.15) is 5.10 Å². The van der Waals surface area contributed by atoms with Gasteiger partial charge in [-0.3, -0.25) is 4.79 Å². The number of carbonyl (C=O) groups is 1. The maximum atomic E-state index is 13.0. The summed E-state index contributed by atoms with van der Waals surface area (Å²) in [5, 5.41) is 5.37. The summed E-state index contributed by atoms with van der Waals surface area (Å²) in [7, 11) is 0. The highest BCUT2D eigenvalue weighted by molar-refractivity contribution is 6.30. The van der Waals surface area contributed by atoms with E-state index in [2.05, 4.69) is 16.9 Å². The number of benzene rings is 1. The number of nitrogens with zero attached hydrogens (tertiary/aromatic N) is 3. The number of halogens is 1. The summed E-state index contributed by atoms with van der Waals surface area (Å²) in [5.74, 6) is 0.223. The third kappa shape index (κ3) is 3.96. The SMILES string of the molecule is CCN(C(=O)Cc1c(C)nn(-c2ccc(Cl)cc2)c1C)C1CCCCC1. The molecule has 0 N–H and O–H groups in total. The number of hydrogen-bond donors (Lipinski definition) is 0. The fraction of sp³-hybridized carbons (Fsp3) is 0.524. The Labute approximate surface area is 161 Å². The Kier molecular flexibility index (Phi) is 6.02. The molecule has 4 nitrogen and oxygen atoms in total. The first-order valence-corrected chi connectivity index (χ1v) is 9.99. The minimum Gasteiger partial charge on any atom is -0.340 e. The van der Waals surface area contributed by atoms with Crippen LogP contribution >= 0.6 is 11.6 Å². The largest absolute Gasteiger partial charge is 0.340 e. The smallest absolute Gasteiger partial charge is 0.227 e. The molecule has 0 atom stereocenters. The third-order valence-corrected chi connectivity index (χ3v) is 5.77. The van der Waals surface area contributed by atoms with E-state index in [9.17, 15) is 4.79 Å². The molecule has 1 saturated carbocycles. The monoisotopic (exact) mass is 373 g/mol. The summed E-state index contributed by atoms with van der Waals surface area (Å²) in [5.41, 5.74) is 3.95. The van der Waals surface area contributed by atoms with Crippen molar-refractivity contribution >= 4 is 17.5 Å². The second-order valence-corrected chi connectivity index (χ2v) is 7.62. The van der Waals surface area contributed by atoms with E-state index in [0.29, 0.717) is 17.5 Å². The van der Waals surface area contributed by atoms with Crippen molar-refractivity contribution in [3.63, 3.8) is 0 Å². The number of carbonyl (C=O) groups excluding carboxylic acids is 1. The van der Waals surface area contributed by atoms with Crippen molar-refractivity contribution in [2.75, 3.05) is 6.54 Å². The summed E-state index contributed by atoms with van der Waals surface area (Å²) in [6.45, 7) is 6.89. The van der Waals surface area contributed by atoms with Gasteiger partial charge in [0.2, 0.25) is 5.91 Å². The van der Waals surface area contributed by atoms with Crippen LogP contribution in [0.5, 0.6) is 0 Å². The third-order valence-electron chi connectivity index (χ3n) is 5.52. The average Bonchev–Trinajstić information content (AvgIpc) is 2.92. The fourth-order valence-corrected chi connectivity index (χ4v) is 4.17. The molecule has 1 fully saturated rings. The van der Waals surface area contributed by atoms with Gasteiger partial charge in [0.1, 0.15) is 0 Å². The predicted molar refractivity (Wildman–Crippen MR) is 106 cm³/mol. The first-order chi connectivity index (χ1) is 12.5. The molecule has 0 radical (unpaired) electrons. The van der Waals surface area contributed by atoms with Gasteiger partial charge in [-0.25, -0.2) is 4.68 Å². The normalized spacial score (nSPS) is 15.2. The van der Waals surface area contributed by atoms with Crippen LogP contribution in [0.1, 0.15) is 56.0 Å². The molecule has 0 spiro atoms. The van der Waals surface area contributed by atoms with E-state index < -0.39 is 0 Å². The molecule has 5 heteroatoms. The molecule has 26 heavy (non-hydrogen) atoms. The summed E-state index contributed by atoms with van der Waals surface area (Å²) in [4.78, 5) is 15.1. The molecule has 1 heterocycles. The first kappa shape index (κ1) is 19.0. The number of likely N-dealkylation sites (N-methyl/N-ethyl adjacent to an activating group) is 1. The van der Waals surface area contributed by atoms with Crippen molar-refractivity contribution in [2.24, 2.45) is 0 Å². The van der Waals surface area contributed by atoms with E-state index in [1.165, 1.54) is 19.3 Å². The molecule has 1 amide bonds. The fourth-order valence-electron chi connectivity index (χ4n) is 4.05. The summed E-state index contributed by atoms with van der Waals surface area (Å²) in [6, 6.07) is 8.04. The van der Waals surface area contributed by atoms with Gasteiger partial charge in [-0.05, 0) is 57.9 Å². The molecule has 0 aliphatic heterocycles. The molecule has 3 rings (SSSR count). The van der Waals surface area contributed by atoms with Gasteiger partial charge >= 0.3 is 0 Å². The van der Waals surface area contributed by atoms with Crippen LogP contribution < -0.4 is 0 Å². The number of rotatable bonds is 5. The Bertz CT molecular complexity index is 760. The summed E-state index contributed by atoms with van der Waals surface area (Å²) < 4.78 is 1.91. The lowest BCUT2D eigenvalue weighted by atomic mass is 9.93. The van der Waals surface area contributed by atoms with Crippen LogP contribution in [0.25, 0.3) is 5.69 Å². The van der Waals surface area contributed by atoms with Gasteiger partial charge < -0.3 is 4.90 Å². The predicted octanol–water partition coefficient (Wildman–Crippen LogP) is 4.87. The number of amides is 1. The van der Waals surface area contributed by atoms with Crippen LogP contribution in [0, 0.1) is 13.8 Å². The van der Waals surface area contributed by atoms with Crippen LogP contribution in [0.4, 0.5) is 0 Å². The summed E-state index contributed by atoms with van der Waals surface area (Å²) >= 11 is 5.99. The minimum atomic E-state index is 0.223. The van der Waals surface area contributed by atoms with Crippen molar-refractivity contribution < 1.29 is 4.79 Å². The summed E-state index contributed by atoms with van der Waals surface area (Å²) in [6.07, 6.45) is 6.48. The van der Waals surface area contributed by atoms with E-state index in [1.807, 2.05) is 42.8 Å². The number of hydrogen-bond acceptors (Lipinski definition) is 2. The van der Waals surface area contributed by atoms with Crippen molar-refractivity contribution in [3.8, 4) is 5.69 Å². The highest BCUT2D eigenvalue weighted by atomic mass is 35.5. The van der Waals surface area contributed by atoms with Gasteiger partial charge in [0, 0.05) is 28.9 Å². The van der Waals surface area contributed by atoms with Crippen LogP contribution in [0.3, 0.4) is 0 Å². The van der Waals surface area contributed by atoms with Crippen molar-refractivity contribution in [3.05, 3.63) is 46.2 Å². The van der Waals surface area contributed by atoms with Crippen LogP contribution in [0.2, 0.25) is 5.02 Å². The lowest BCUT2D eigenvalue weighted by Crippen LogP contribution is -2.42. The number of aromatic nitrogens is 2. The second-order valence-electron chi connectivity index (χ2n) is 7.19. The van der Waals surface area contributed by atoms with E-state index in [4.69, 9.17) is 11.6 Å². The van der Waals surface area contributed by atoms with Crippen molar-refractivity contribution in [1.29, 1.82) is 0 Å². The molecule has 1 aromatic carbocycles. The second kappa shape index (κ2) is 8.26. The van der Waals surface area contributed by atoms with E-state index in [1.54, 1.807) is 0 Å². The standard InChI is InChI=1S/C21H28ClN3O/c1-4-24(18-8-6-5-7-9-18)21(26)14-20-15(2)23-25(16(20)3)19-12-10-17(22)11-13-19/h10-13,18H,4-9,14H2,1-3H3. The van der Waals surface area contributed by atoms with Gasteiger partial charge in [-0.1, -0.05) is 30.9 Å². The molecule has 140 valence electrons. The zero-order chi connectivity index (χ0) is 18.7. The minimum absolute atomic E-state index is 0.223. The average molecular weight is 374 g/mol. The van der Waals surface area contributed by atoms with Crippen LogP contribution in [0.15, 0.2) is 24.3 Å². The quantitative estimate of drug-likeness (QED) is 0.750. The van der Waals surface area contributed by atoms with E-state index in [0.717, 1.165) is 42.0 Å². The Hall–Kier alpha value is -1.81.